The highest BCUT2D eigenvalue weighted by atomic mass is 16.5. The number of methoxy groups -OCH3 is 1. The zero-order valence-electron chi connectivity index (χ0n) is 11.9. The SMILES string of the molecule is COCC1=CCN(C(=O)N(CC(=O)O)CC2CC2)CC1. The molecule has 20 heavy (non-hydrogen) atoms. The Kier molecular flexibility index (Phi) is 5.00. The number of hydrogen-bond donors (Lipinski definition) is 1. The molecule has 1 saturated carbocycles. The molecule has 2 amide bonds. The highest BCUT2D eigenvalue weighted by Gasteiger charge is 2.30. The molecule has 0 aromatic carbocycles. The summed E-state index contributed by atoms with van der Waals surface area (Å²) in [6, 6.07) is -0.160. The molecule has 0 spiro atoms. The maximum absolute atomic E-state index is 12.4. The maximum Gasteiger partial charge on any atom is 0.323 e. The molecule has 2 rings (SSSR count). The van der Waals surface area contributed by atoms with Gasteiger partial charge in [-0.15, -0.1) is 0 Å². The summed E-state index contributed by atoms with van der Waals surface area (Å²) >= 11 is 0. The lowest BCUT2D eigenvalue weighted by Crippen LogP contribution is -2.47. The molecule has 0 saturated heterocycles. The quantitative estimate of drug-likeness (QED) is 0.743. The van der Waals surface area contributed by atoms with Crippen LogP contribution in [0.1, 0.15) is 19.3 Å². The summed E-state index contributed by atoms with van der Waals surface area (Å²) in [5.74, 6) is -0.464. The zero-order chi connectivity index (χ0) is 14.5. The molecular weight excluding hydrogens is 260 g/mol. The predicted octanol–water partition coefficient (Wildman–Crippen LogP) is 1.18. The lowest BCUT2D eigenvalue weighted by molar-refractivity contribution is -0.137. The summed E-state index contributed by atoms with van der Waals surface area (Å²) in [6.07, 6.45) is 4.99. The maximum atomic E-state index is 12.4. The molecular formula is C14H22N2O4. The summed E-state index contributed by atoms with van der Waals surface area (Å²) in [7, 11) is 1.66. The lowest BCUT2D eigenvalue weighted by atomic mass is 10.1. The Balaban J connectivity index is 1.91. The van der Waals surface area contributed by atoms with Crippen molar-refractivity contribution < 1.29 is 19.4 Å². The van der Waals surface area contributed by atoms with E-state index in [2.05, 4.69) is 0 Å². The number of carboxylic acids is 1. The second-order valence-corrected chi connectivity index (χ2v) is 5.49. The number of carbonyl (C=O) groups excluding carboxylic acids is 1. The molecule has 0 radical (unpaired) electrons. The van der Waals surface area contributed by atoms with Crippen LogP contribution in [-0.2, 0) is 9.53 Å². The number of rotatable bonds is 6. The largest absolute Gasteiger partial charge is 0.480 e. The van der Waals surface area contributed by atoms with E-state index in [0.717, 1.165) is 19.3 Å². The topological polar surface area (TPSA) is 70.1 Å². The number of hydrogen-bond acceptors (Lipinski definition) is 3. The lowest BCUT2D eigenvalue weighted by Gasteiger charge is -2.32. The first kappa shape index (κ1) is 14.8. The van der Waals surface area contributed by atoms with Gasteiger partial charge in [-0.2, -0.15) is 0 Å². The van der Waals surface area contributed by atoms with Gasteiger partial charge in [0.1, 0.15) is 6.54 Å². The summed E-state index contributed by atoms with van der Waals surface area (Å²) in [4.78, 5) is 26.5. The molecule has 0 atom stereocenters. The average Bonchev–Trinajstić information content (AvgIpc) is 3.22. The van der Waals surface area contributed by atoms with Crippen molar-refractivity contribution in [3.05, 3.63) is 11.6 Å². The molecule has 1 N–H and O–H groups in total. The molecule has 0 bridgehead atoms. The van der Waals surface area contributed by atoms with E-state index in [1.807, 2.05) is 6.08 Å². The smallest absolute Gasteiger partial charge is 0.323 e. The van der Waals surface area contributed by atoms with Crippen LogP contribution in [0.25, 0.3) is 0 Å². The van der Waals surface area contributed by atoms with E-state index in [4.69, 9.17) is 9.84 Å². The predicted molar refractivity (Wildman–Crippen MR) is 73.5 cm³/mol. The van der Waals surface area contributed by atoms with Gasteiger partial charge >= 0.3 is 12.0 Å². The zero-order valence-corrected chi connectivity index (χ0v) is 11.9. The molecule has 6 nitrogen and oxygen atoms in total. The molecule has 1 aliphatic carbocycles. The Morgan fingerprint density at radius 1 is 1.50 bits per heavy atom. The first-order valence-corrected chi connectivity index (χ1v) is 7.02. The van der Waals surface area contributed by atoms with E-state index in [1.165, 1.54) is 10.5 Å². The Labute approximate surface area is 119 Å². The van der Waals surface area contributed by atoms with Gasteiger partial charge in [0.25, 0.3) is 0 Å². The molecule has 1 fully saturated rings. The normalized spacial score (nSPS) is 18.6. The summed E-state index contributed by atoms with van der Waals surface area (Å²) in [5, 5.41) is 8.94. The van der Waals surface area contributed by atoms with Gasteiger partial charge in [-0.1, -0.05) is 6.08 Å². The van der Waals surface area contributed by atoms with Gasteiger partial charge in [0, 0.05) is 26.7 Å². The van der Waals surface area contributed by atoms with Crippen LogP contribution in [0.5, 0.6) is 0 Å². The van der Waals surface area contributed by atoms with Crippen molar-refractivity contribution in [3.8, 4) is 0 Å². The van der Waals surface area contributed by atoms with Crippen LogP contribution in [0.3, 0.4) is 0 Å². The van der Waals surface area contributed by atoms with Crippen LogP contribution in [-0.4, -0.2) is 66.8 Å². The molecule has 1 heterocycles. The van der Waals surface area contributed by atoms with Crippen molar-refractivity contribution in [1.82, 2.24) is 9.80 Å². The van der Waals surface area contributed by atoms with Crippen LogP contribution < -0.4 is 0 Å². The highest BCUT2D eigenvalue weighted by Crippen LogP contribution is 2.30. The van der Waals surface area contributed by atoms with Gasteiger partial charge in [-0.05, 0) is 30.8 Å². The number of carbonyl (C=O) groups is 2. The molecule has 1 aliphatic heterocycles. The fraction of sp³-hybridized carbons (Fsp3) is 0.714. The second-order valence-electron chi connectivity index (χ2n) is 5.49. The first-order valence-electron chi connectivity index (χ1n) is 7.02. The van der Waals surface area contributed by atoms with Crippen LogP contribution >= 0.6 is 0 Å². The van der Waals surface area contributed by atoms with E-state index in [-0.39, 0.29) is 12.6 Å². The number of carboxylic acid groups (broad SMARTS) is 1. The van der Waals surface area contributed by atoms with Crippen molar-refractivity contribution in [1.29, 1.82) is 0 Å². The molecule has 112 valence electrons. The monoisotopic (exact) mass is 282 g/mol. The van der Waals surface area contributed by atoms with Crippen molar-refractivity contribution >= 4 is 12.0 Å². The van der Waals surface area contributed by atoms with Crippen LogP contribution in [0.4, 0.5) is 4.79 Å². The third kappa shape index (κ3) is 4.23. The number of aliphatic carboxylic acids is 1. The van der Waals surface area contributed by atoms with Gasteiger partial charge < -0.3 is 19.6 Å². The molecule has 6 heteroatoms. The Morgan fingerprint density at radius 2 is 2.25 bits per heavy atom. The Bertz CT molecular complexity index is 404. The average molecular weight is 282 g/mol. The fourth-order valence-corrected chi connectivity index (χ4v) is 2.39. The molecule has 0 unspecified atom stereocenters. The minimum absolute atomic E-state index is 0.160. The van der Waals surface area contributed by atoms with Gasteiger partial charge in [0.2, 0.25) is 0 Å². The fourth-order valence-electron chi connectivity index (χ4n) is 2.39. The van der Waals surface area contributed by atoms with E-state index < -0.39 is 5.97 Å². The standard InChI is InChI=1S/C14H22N2O4/c1-20-10-12-4-6-15(7-5-12)14(19)16(9-13(17)18)8-11-2-3-11/h4,11H,2-3,5-10H2,1H3,(H,17,18). The summed E-state index contributed by atoms with van der Waals surface area (Å²) in [5.41, 5.74) is 1.20. The number of amides is 2. The van der Waals surface area contributed by atoms with Gasteiger partial charge in [0.15, 0.2) is 0 Å². The molecule has 0 aromatic rings. The molecule has 0 aromatic heterocycles. The van der Waals surface area contributed by atoms with Crippen molar-refractivity contribution in [2.24, 2.45) is 5.92 Å². The van der Waals surface area contributed by atoms with Gasteiger partial charge in [0.05, 0.1) is 6.61 Å². The number of ether oxygens (including phenoxy) is 1. The van der Waals surface area contributed by atoms with Crippen molar-refractivity contribution in [2.45, 2.75) is 19.3 Å². The van der Waals surface area contributed by atoms with Crippen molar-refractivity contribution in [2.75, 3.05) is 39.9 Å². The third-order valence-corrected chi connectivity index (χ3v) is 3.68. The van der Waals surface area contributed by atoms with Gasteiger partial charge in [-0.3, -0.25) is 4.79 Å². The minimum Gasteiger partial charge on any atom is -0.480 e. The third-order valence-electron chi connectivity index (χ3n) is 3.68. The van der Waals surface area contributed by atoms with E-state index in [1.54, 1.807) is 12.0 Å². The van der Waals surface area contributed by atoms with E-state index in [9.17, 15) is 9.59 Å². The second kappa shape index (κ2) is 6.74. The minimum atomic E-state index is -0.952. The Hall–Kier alpha value is -1.56. The van der Waals surface area contributed by atoms with Crippen LogP contribution in [0.2, 0.25) is 0 Å². The van der Waals surface area contributed by atoms with E-state index >= 15 is 0 Å². The van der Waals surface area contributed by atoms with E-state index in [0.29, 0.717) is 32.2 Å². The number of urea groups is 1. The van der Waals surface area contributed by atoms with Gasteiger partial charge in [-0.25, -0.2) is 4.79 Å². The van der Waals surface area contributed by atoms with Crippen molar-refractivity contribution in [3.63, 3.8) is 0 Å². The Morgan fingerprint density at radius 3 is 2.75 bits per heavy atom. The molecule has 2 aliphatic rings. The number of nitrogens with zero attached hydrogens (tertiary/aromatic N) is 2. The highest BCUT2D eigenvalue weighted by molar-refractivity contribution is 5.80. The first-order chi connectivity index (χ1) is 9.60. The van der Waals surface area contributed by atoms with Crippen LogP contribution in [0.15, 0.2) is 11.6 Å². The van der Waals surface area contributed by atoms with Crippen LogP contribution in [0, 0.1) is 5.92 Å². The summed E-state index contributed by atoms with van der Waals surface area (Å²) < 4.78 is 5.08. The summed E-state index contributed by atoms with van der Waals surface area (Å²) in [6.45, 7) is 2.13.